The van der Waals surface area contributed by atoms with Gasteiger partial charge in [-0.3, -0.25) is 9.69 Å². The van der Waals surface area contributed by atoms with Gasteiger partial charge in [-0.1, -0.05) is 28.1 Å². The lowest BCUT2D eigenvalue weighted by molar-refractivity contribution is -0.117. The normalized spacial score (nSPS) is 10.6. The van der Waals surface area contributed by atoms with Crippen molar-refractivity contribution in [3.8, 4) is 0 Å². The molecule has 0 aliphatic carbocycles. The molecule has 2 aromatic rings. The second kappa shape index (κ2) is 8.78. The second-order valence-corrected chi connectivity index (χ2v) is 6.79. The summed E-state index contributed by atoms with van der Waals surface area (Å²) < 4.78 is 5.70. The fourth-order valence-electron chi connectivity index (χ4n) is 2.48. The number of methoxy groups -OCH3 is 1. The van der Waals surface area contributed by atoms with Crippen LogP contribution in [0.25, 0.3) is 0 Å². The Bertz CT molecular complexity index is 777. The van der Waals surface area contributed by atoms with Gasteiger partial charge in [0, 0.05) is 16.7 Å². The highest BCUT2D eigenvalue weighted by Crippen LogP contribution is 2.20. The maximum absolute atomic E-state index is 12.2. The summed E-state index contributed by atoms with van der Waals surface area (Å²) in [6, 6.07) is 12.9. The third-order valence-corrected chi connectivity index (χ3v) is 4.17. The Kier molecular flexibility index (Phi) is 6.73. The van der Waals surface area contributed by atoms with Crippen LogP contribution in [0.5, 0.6) is 0 Å². The number of benzene rings is 2. The van der Waals surface area contributed by atoms with Crippen LogP contribution in [0, 0.1) is 6.92 Å². The largest absolute Gasteiger partial charge is 0.465 e. The molecule has 0 aromatic heterocycles. The van der Waals surface area contributed by atoms with Crippen molar-refractivity contribution in [1.29, 1.82) is 0 Å². The Morgan fingerprint density at radius 2 is 1.96 bits per heavy atom. The third kappa shape index (κ3) is 5.69. The average molecular weight is 405 g/mol. The summed E-state index contributed by atoms with van der Waals surface area (Å²) in [6.07, 6.45) is 0. The molecule has 0 fully saturated rings. The monoisotopic (exact) mass is 404 g/mol. The van der Waals surface area contributed by atoms with Crippen LogP contribution in [0.1, 0.15) is 21.5 Å². The molecule has 1 N–H and O–H groups in total. The fourth-order valence-corrected chi connectivity index (χ4v) is 2.96. The van der Waals surface area contributed by atoms with Gasteiger partial charge >= 0.3 is 5.97 Å². The Labute approximate surface area is 156 Å². The van der Waals surface area contributed by atoms with Gasteiger partial charge in [-0.15, -0.1) is 0 Å². The van der Waals surface area contributed by atoms with Gasteiger partial charge in [0.2, 0.25) is 5.91 Å². The van der Waals surface area contributed by atoms with Gasteiger partial charge in [-0.2, -0.15) is 0 Å². The number of nitrogens with one attached hydrogen (secondary N) is 1. The molecule has 2 aromatic carbocycles. The molecule has 0 unspecified atom stereocenters. The quantitative estimate of drug-likeness (QED) is 0.746. The minimum atomic E-state index is -0.368. The molecule has 2 rings (SSSR count). The van der Waals surface area contributed by atoms with E-state index in [4.69, 9.17) is 4.74 Å². The van der Waals surface area contributed by atoms with E-state index in [1.165, 1.54) is 7.11 Å². The van der Waals surface area contributed by atoms with Crippen molar-refractivity contribution in [3.05, 3.63) is 63.6 Å². The van der Waals surface area contributed by atoms with E-state index in [-0.39, 0.29) is 18.4 Å². The number of aryl methyl sites for hydroxylation is 1. The molecule has 5 nitrogen and oxygen atoms in total. The van der Waals surface area contributed by atoms with Crippen LogP contribution in [-0.2, 0) is 16.1 Å². The minimum Gasteiger partial charge on any atom is -0.465 e. The summed E-state index contributed by atoms with van der Waals surface area (Å²) in [5.74, 6) is -0.454. The van der Waals surface area contributed by atoms with Crippen molar-refractivity contribution in [2.75, 3.05) is 26.0 Å². The van der Waals surface area contributed by atoms with Crippen LogP contribution in [-0.4, -0.2) is 37.5 Å². The number of halogens is 1. The van der Waals surface area contributed by atoms with Gasteiger partial charge in [-0.05, 0) is 55.4 Å². The van der Waals surface area contributed by atoms with Crippen molar-refractivity contribution in [2.45, 2.75) is 13.5 Å². The Morgan fingerprint density at radius 1 is 1.20 bits per heavy atom. The summed E-state index contributed by atoms with van der Waals surface area (Å²) in [7, 11) is 3.22. The van der Waals surface area contributed by atoms with Gasteiger partial charge in [0.1, 0.15) is 0 Å². The first-order valence-corrected chi connectivity index (χ1v) is 8.60. The van der Waals surface area contributed by atoms with Crippen molar-refractivity contribution in [2.24, 2.45) is 0 Å². The predicted octanol–water partition coefficient (Wildman–Crippen LogP) is 3.61. The zero-order chi connectivity index (χ0) is 18.4. The van der Waals surface area contributed by atoms with Crippen molar-refractivity contribution in [1.82, 2.24) is 4.90 Å². The highest BCUT2D eigenvalue weighted by Gasteiger charge is 2.11. The number of hydrogen-bond acceptors (Lipinski definition) is 4. The summed E-state index contributed by atoms with van der Waals surface area (Å²) in [5.41, 5.74) is 3.24. The molecule has 1 amide bonds. The smallest absolute Gasteiger partial charge is 0.337 e. The number of nitrogens with zero attached hydrogens (tertiary/aromatic N) is 1. The maximum Gasteiger partial charge on any atom is 0.337 e. The van der Waals surface area contributed by atoms with Gasteiger partial charge in [0.25, 0.3) is 0 Å². The van der Waals surface area contributed by atoms with E-state index in [2.05, 4.69) is 21.2 Å². The molecule has 0 spiro atoms. The SMILES string of the molecule is COC(=O)c1cccc(CN(C)CC(=O)Nc2ccc(Br)cc2C)c1. The molecule has 0 heterocycles. The lowest BCUT2D eigenvalue weighted by Gasteiger charge is -2.17. The minimum absolute atomic E-state index is 0.0861. The lowest BCUT2D eigenvalue weighted by atomic mass is 10.1. The molecule has 0 aliphatic rings. The Balaban J connectivity index is 1.94. The maximum atomic E-state index is 12.2. The molecule has 6 heteroatoms. The van der Waals surface area contributed by atoms with Crippen LogP contribution in [0.15, 0.2) is 46.9 Å². The van der Waals surface area contributed by atoms with Crippen LogP contribution in [0.4, 0.5) is 5.69 Å². The number of ether oxygens (including phenoxy) is 1. The lowest BCUT2D eigenvalue weighted by Crippen LogP contribution is -2.30. The predicted molar refractivity (Wildman–Crippen MR) is 102 cm³/mol. The molecule has 0 aliphatic heterocycles. The topological polar surface area (TPSA) is 58.6 Å². The molecule has 132 valence electrons. The number of hydrogen-bond donors (Lipinski definition) is 1. The summed E-state index contributed by atoms with van der Waals surface area (Å²) in [4.78, 5) is 25.7. The molecule has 0 saturated carbocycles. The molecule has 0 atom stereocenters. The van der Waals surface area contributed by atoms with Crippen LogP contribution in [0.3, 0.4) is 0 Å². The zero-order valence-corrected chi connectivity index (χ0v) is 16.1. The van der Waals surface area contributed by atoms with Crippen LogP contribution < -0.4 is 5.32 Å². The van der Waals surface area contributed by atoms with E-state index >= 15 is 0 Å². The third-order valence-electron chi connectivity index (χ3n) is 3.68. The second-order valence-electron chi connectivity index (χ2n) is 5.87. The number of amides is 1. The standard InChI is InChI=1S/C19H21BrN2O3/c1-13-9-16(20)7-8-17(13)21-18(23)12-22(2)11-14-5-4-6-15(10-14)19(24)25-3/h4-10H,11-12H2,1-3H3,(H,21,23). The number of likely N-dealkylation sites (N-methyl/N-ethyl adjacent to an activating group) is 1. The van der Waals surface area contributed by atoms with Crippen molar-refractivity contribution in [3.63, 3.8) is 0 Å². The number of carbonyl (C=O) groups excluding carboxylic acids is 2. The van der Waals surface area contributed by atoms with E-state index in [0.717, 1.165) is 21.3 Å². The Hall–Kier alpha value is -2.18. The number of carbonyl (C=O) groups is 2. The summed E-state index contributed by atoms with van der Waals surface area (Å²) in [6.45, 7) is 2.75. The first kappa shape index (κ1) is 19.1. The zero-order valence-electron chi connectivity index (χ0n) is 14.5. The summed E-state index contributed by atoms with van der Waals surface area (Å²) in [5, 5.41) is 2.92. The molecule has 25 heavy (non-hydrogen) atoms. The molecule has 0 radical (unpaired) electrons. The van der Waals surface area contributed by atoms with Gasteiger partial charge in [0.05, 0.1) is 19.2 Å². The molecule has 0 saturated heterocycles. The van der Waals surface area contributed by atoms with E-state index in [1.54, 1.807) is 18.2 Å². The highest BCUT2D eigenvalue weighted by atomic mass is 79.9. The highest BCUT2D eigenvalue weighted by molar-refractivity contribution is 9.10. The Morgan fingerprint density at radius 3 is 2.64 bits per heavy atom. The van der Waals surface area contributed by atoms with Crippen molar-refractivity contribution >= 4 is 33.5 Å². The van der Waals surface area contributed by atoms with E-state index < -0.39 is 0 Å². The van der Waals surface area contributed by atoms with Gasteiger partial charge in [0.15, 0.2) is 0 Å². The van der Waals surface area contributed by atoms with Gasteiger partial charge < -0.3 is 10.1 Å². The number of esters is 1. The van der Waals surface area contributed by atoms with Crippen LogP contribution in [0.2, 0.25) is 0 Å². The molecular formula is C19H21BrN2O3. The molecular weight excluding hydrogens is 384 g/mol. The number of rotatable bonds is 6. The van der Waals surface area contributed by atoms with E-state index in [0.29, 0.717) is 12.1 Å². The van der Waals surface area contributed by atoms with E-state index in [1.807, 2.05) is 43.1 Å². The molecule has 0 bridgehead atoms. The van der Waals surface area contributed by atoms with Gasteiger partial charge in [-0.25, -0.2) is 4.79 Å². The fraction of sp³-hybridized carbons (Fsp3) is 0.263. The van der Waals surface area contributed by atoms with Crippen LogP contribution >= 0.6 is 15.9 Å². The number of anilines is 1. The van der Waals surface area contributed by atoms with E-state index in [9.17, 15) is 9.59 Å². The first-order chi connectivity index (χ1) is 11.9. The summed E-state index contributed by atoms with van der Waals surface area (Å²) >= 11 is 3.41. The average Bonchev–Trinajstić information content (AvgIpc) is 2.56. The first-order valence-electron chi connectivity index (χ1n) is 7.81. The van der Waals surface area contributed by atoms with Crippen molar-refractivity contribution < 1.29 is 14.3 Å².